The van der Waals surface area contributed by atoms with Gasteiger partial charge >= 0.3 is 0 Å². The fourth-order valence-corrected chi connectivity index (χ4v) is 3.71. The third-order valence-electron chi connectivity index (χ3n) is 3.67. The highest BCUT2D eigenvalue weighted by atomic mass is 32.2. The molecule has 0 atom stereocenters. The maximum atomic E-state index is 12.6. The Morgan fingerprint density at radius 1 is 1.05 bits per heavy atom. The smallest absolute Gasteiger partial charge is 0.243 e. The van der Waals surface area contributed by atoms with Gasteiger partial charge in [0.1, 0.15) is 5.75 Å². The largest absolute Gasteiger partial charge is 0.496 e. The fraction of sp³-hybridized carbons (Fsp3) is 0.294. The van der Waals surface area contributed by atoms with Gasteiger partial charge in [-0.05, 0) is 36.6 Å². The lowest BCUT2D eigenvalue weighted by atomic mass is 10.1. The van der Waals surface area contributed by atoms with E-state index in [-0.39, 0.29) is 0 Å². The standard InChI is InChI=1S/C17H21NO3S/c1-14-8-4-7-11-17(14)22(19,20)18(2)13-12-15-9-5-6-10-16(15)21-3/h4-11H,12-13H2,1-3H3. The molecule has 0 unspecified atom stereocenters. The third kappa shape index (κ3) is 3.48. The zero-order valence-electron chi connectivity index (χ0n) is 13.1. The highest BCUT2D eigenvalue weighted by Crippen LogP contribution is 2.21. The van der Waals surface area contributed by atoms with E-state index in [1.807, 2.05) is 30.3 Å². The number of ether oxygens (including phenoxy) is 1. The molecule has 2 aromatic carbocycles. The third-order valence-corrected chi connectivity index (χ3v) is 5.69. The summed E-state index contributed by atoms with van der Waals surface area (Å²) in [5, 5.41) is 0. The molecule has 0 aromatic heterocycles. The van der Waals surface area contributed by atoms with Crippen molar-refractivity contribution in [3.63, 3.8) is 0 Å². The molecule has 0 aliphatic heterocycles. The number of nitrogens with zero attached hydrogens (tertiary/aromatic N) is 1. The second kappa shape index (κ2) is 6.94. The Morgan fingerprint density at radius 3 is 2.36 bits per heavy atom. The molecule has 2 aromatic rings. The van der Waals surface area contributed by atoms with Crippen LogP contribution in [0.1, 0.15) is 11.1 Å². The minimum Gasteiger partial charge on any atom is -0.496 e. The Labute approximate surface area is 132 Å². The first-order chi connectivity index (χ1) is 10.5. The number of rotatable bonds is 6. The second-order valence-electron chi connectivity index (χ2n) is 5.15. The molecule has 0 aliphatic carbocycles. The maximum Gasteiger partial charge on any atom is 0.243 e. The van der Waals surface area contributed by atoms with Gasteiger partial charge in [0.05, 0.1) is 12.0 Å². The van der Waals surface area contributed by atoms with Crippen molar-refractivity contribution in [2.45, 2.75) is 18.2 Å². The SMILES string of the molecule is COc1ccccc1CCN(C)S(=O)(=O)c1ccccc1C. The van der Waals surface area contributed by atoms with Crippen LogP contribution >= 0.6 is 0 Å². The molecule has 5 heteroatoms. The maximum absolute atomic E-state index is 12.6. The fourth-order valence-electron chi connectivity index (χ4n) is 2.32. The van der Waals surface area contributed by atoms with Crippen LogP contribution in [0, 0.1) is 6.92 Å². The van der Waals surface area contributed by atoms with Crippen LogP contribution < -0.4 is 4.74 Å². The number of aryl methyl sites for hydroxylation is 1. The number of methoxy groups -OCH3 is 1. The number of likely N-dealkylation sites (N-methyl/N-ethyl adjacent to an activating group) is 1. The number of sulfonamides is 1. The molecule has 0 radical (unpaired) electrons. The number of hydrogen-bond donors (Lipinski definition) is 0. The summed E-state index contributed by atoms with van der Waals surface area (Å²) in [5.41, 5.74) is 1.75. The Balaban J connectivity index is 2.15. The molecule has 0 heterocycles. The molecular formula is C17H21NO3S. The molecule has 0 saturated heterocycles. The Bertz CT molecular complexity index is 741. The summed E-state index contributed by atoms with van der Waals surface area (Å²) in [4.78, 5) is 0.359. The van der Waals surface area contributed by atoms with Gasteiger partial charge in [0, 0.05) is 13.6 Å². The van der Waals surface area contributed by atoms with Crippen LogP contribution in [0.5, 0.6) is 5.75 Å². The summed E-state index contributed by atoms with van der Waals surface area (Å²) in [6.07, 6.45) is 0.603. The van der Waals surface area contributed by atoms with Crippen LogP contribution in [0.3, 0.4) is 0 Å². The van der Waals surface area contributed by atoms with Gasteiger partial charge in [-0.25, -0.2) is 12.7 Å². The van der Waals surface area contributed by atoms with E-state index in [1.54, 1.807) is 39.3 Å². The average molecular weight is 319 g/mol. The van der Waals surface area contributed by atoms with Crippen molar-refractivity contribution in [2.75, 3.05) is 20.7 Å². The van der Waals surface area contributed by atoms with Crippen molar-refractivity contribution < 1.29 is 13.2 Å². The number of benzene rings is 2. The Hall–Kier alpha value is -1.85. The monoisotopic (exact) mass is 319 g/mol. The molecule has 4 nitrogen and oxygen atoms in total. The van der Waals surface area contributed by atoms with Gasteiger partial charge in [0.2, 0.25) is 10.0 Å². The summed E-state index contributed by atoms with van der Waals surface area (Å²) >= 11 is 0. The first-order valence-electron chi connectivity index (χ1n) is 7.10. The normalized spacial score (nSPS) is 11.6. The molecule has 0 N–H and O–H groups in total. The minimum atomic E-state index is -3.47. The highest BCUT2D eigenvalue weighted by Gasteiger charge is 2.22. The van der Waals surface area contributed by atoms with Crippen LogP contribution in [-0.4, -0.2) is 33.4 Å². The van der Waals surface area contributed by atoms with Crippen molar-refractivity contribution in [2.24, 2.45) is 0 Å². The molecule has 0 fully saturated rings. The summed E-state index contributed by atoms with van der Waals surface area (Å²) in [7, 11) is -0.241. The van der Waals surface area contributed by atoms with Gasteiger partial charge in [-0.3, -0.25) is 0 Å². The summed E-state index contributed by atoms with van der Waals surface area (Å²) in [6, 6.07) is 14.7. The van der Waals surface area contributed by atoms with Gasteiger partial charge in [-0.15, -0.1) is 0 Å². The first kappa shape index (κ1) is 16.5. The van der Waals surface area contributed by atoms with Gasteiger partial charge in [-0.2, -0.15) is 0 Å². The predicted octanol–water partition coefficient (Wildman–Crippen LogP) is 2.87. The van der Waals surface area contributed by atoms with Gasteiger partial charge in [0.25, 0.3) is 0 Å². The van der Waals surface area contributed by atoms with Gasteiger partial charge in [-0.1, -0.05) is 36.4 Å². The van der Waals surface area contributed by atoms with E-state index in [0.717, 1.165) is 16.9 Å². The molecule has 2 rings (SSSR count). The van der Waals surface area contributed by atoms with E-state index < -0.39 is 10.0 Å². The van der Waals surface area contributed by atoms with E-state index in [9.17, 15) is 8.42 Å². The first-order valence-corrected chi connectivity index (χ1v) is 8.54. The van der Waals surface area contributed by atoms with Crippen LogP contribution in [0.2, 0.25) is 0 Å². The lowest BCUT2D eigenvalue weighted by molar-refractivity contribution is 0.406. The number of para-hydroxylation sites is 1. The van der Waals surface area contributed by atoms with Crippen LogP contribution in [0.4, 0.5) is 0 Å². The Morgan fingerprint density at radius 2 is 1.68 bits per heavy atom. The quantitative estimate of drug-likeness (QED) is 0.822. The van der Waals surface area contributed by atoms with Crippen molar-refractivity contribution in [3.8, 4) is 5.75 Å². The molecule has 0 amide bonds. The second-order valence-corrected chi connectivity index (χ2v) is 7.17. The molecular weight excluding hydrogens is 298 g/mol. The summed E-state index contributed by atoms with van der Waals surface area (Å²) in [5.74, 6) is 0.782. The lowest BCUT2D eigenvalue weighted by Crippen LogP contribution is -2.29. The van der Waals surface area contributed by atoms with E-state index in [0.29, 0.717) is 17.9 Å². The molecule has 0 spiro atoms. The van der Waals surface area contributed by atoms with E-state index in [4.69, 9.17) is 4.74 Å². The van der Waals surface area contributed by atoms with Crippen molar-refractivity contribution in [3.05, 3.63) is 59.7 Å². The van der Waals surface area contributed by atoms with Gasteiger partial charge < -0.3 is 4.74 Å². The lowest BCUT2D eigenvalue weighted by Gasteiger charge is -2.19. The minimum absolute atomic E-state index is 0.359. The zero-order chi connectivity index (χ0) is 16.2. The Kier molecular flexibility index (Phi) is 5.21. The molecule has 22 heavy (non-hydrogen) atoms. The van der Waals surface area contributed by atoms with E-state index in [1.165, 1.54) is 4.31 Å². The topological polar surface area (TPSA) is 46.6 Å². The summed E-state index contributed by atoms with van der Waals surface area (Å²) in [6.45, 7) is 2.21. The number of hydrogen-bond acceptors (Lipinski definition) is 3. The van der Waals surface area contributed by atoms with E-state index >= 15 is 0 Å². The average Bonchev–Trinajstić information content (AvgIpc) is 2.53. The molecule has 0 aliphatic rings. The van der Waals surface area contributed by atoms with Crippen LogP contribution in [-0.2, 0) is 16.4 Å². The van der Waals surface area contributed by atoms with Crippen molar-refractivity contribution in [1.82, 2.24) is 4.31 Å². The highest BCUT2D eigenvalue weighted by molar-refractivity contribution is 7.89. The van der Waals surface area contributed by atoms with Crippen LogP contribution in [0.25, 0.3) is 0 Å². The molecule has 0 saturated carbocycles. The van der Waals surface area contributed by atoms with Crippen LogP contribution in [0.15, 0.2) is 53.4 Å². The van der Waals surface area contributed by atoms with Crippen molar-refractivity contribution in [1.29, 1.82) is 0 Å². The molecule has 0 bridgehead atoms. The summed E-state index contributed by atoms with van der Waals surface area (Å²) < 4.78 is 31.9. The predicted molar refractivity (Wildman–Crippen MR) is 87.7 cm³/mol. The van der Waals surface area contributed by atoms with Crippen molar-refractivity contribution >= 4 is 10.0 Å². The van der Waals surface area contributed by atoms with Gasteiger partial charge in [0.15, 0.2) is 0 Å². The zero-order valence-corrected chi connectivity index (χ0v) is 13.9. The molecule has 118 valence electrons. The van der Waals surface area contributed by atoms with E-state index in [2.05, 4.69) is 0 Å².